The summed E-state index contributed by atoms with van der Waals surface area (Å²) >= 11 is 0. The molecular weight excluding hydrogens is 595 g/mol. The number of allylic oxidation sites excluding steroid dienone is 1. The van der Waals surface area contributed by atoms with Crippen molar-refractivity contribution in [2.75, 3.05) is 0 Å². The standard InChI is InChI=1S/C46H33N3/c1-4-13-33-35-28-30(24-27-41(35)48(40(33)5-2)31-25-22-29(3)23-26-31)32-15-12-18-38-44(32)34-14-6-7-16-36(34)46(38)37-17-8-10-20-42(37)49-43-21-11-9-19-39(43)47-45(46)49/h4-28H,2H2,1,3H3/b13-4-. The van der Waals surface area contributed by atoms with E-state index in [1.807, 2.05) is 6.08 Å². The van der Waals surface area contributed by atoms with Gasteiger partial charge in [-0.3, -0.25) is 4.57 Å². The van der Waals surface area contributed by atoms with Crippen molar-refractivity contribution in [2.24, 2.45) is 0 Å². The predicted molar refractivity (Wildman–Crippen MR) is 204 cm³/mol. The van der Waals surface area contributed by atoms with Gasteiger partial charge in [0, 0.05) is 16.6 Å². The fraction of sp³-hybridized carbons (Fsp3) is 0.0652. The van der Waals surface area contributed by atoms with Crippen LogP contribution in [0.2, 0.25) is 0 Å². The van der Waals surface area contributed by atoms with Gasteiger partial charge >= 0.3 is 0 Å². The van der Waals surface area contributed by atoms with Crippen molar-refractivity contribution in [3.05, 3.63) is 185 Å². The van der Waals surface area contributed by atoms with E-state index in [-0.39, 0.29) is 0 Å². The summed E-state index contributed by atoms with van der Waals surface area (Å²) in [6, 6.07) is 48.9. The first-order valence-electron chi connectivity index (χ1n) is 17.0. The Kier molecular flexibility index (Phi) is 5.78. The number of para-hydroxylation sites is 3. The number of aromatic nitrogens is 3. The molecule has 2 aliphatic rings. The molecule has 1 aliphatic heterocycles. The van der Waals surface area contributed by atoms with Crippen molar-refractivity contribution in [2.45, 2.75) is 19.3 Å². The molecule has 10 rings (SSSR count). The first-order valence-corrected chi connectivity index (χ1v) is 17.0. The van der Waals surface area contributed by atoms with Gasteiger partial charge in [-0.15, -0.1) is 0 Å². The highest BCUT2D eigenvalue weighted by molar-refractivity contribution is 6.02. The number of hydrogen-bond donors (Lipinski definition) is 0. The molecule has 49 heavy (non-hydrogen) atoms. The van der Waals surface area contributed by atoms with Gasteiger partial charge in [-0.25, -0.2) is 4.98 Å². The van der Waals surface area contributed by atoms with E-state index in [4.69, 9.17) is 4.98 Å². The third-order valence-corrected chi connectivity index (χ3v) is 10.7. The molecule has 0 fully saturated rings. The van der Waals surface area contributed by atoms with Crippen molar-refractivity contribution >= 4 is 34.1 Å². The molecule has 1 atom stereocenters. The number of hydrogen-bond acceptors (Lipinski definition) is 1. The minimum absolute atomic E-state index is 0.525. The fourth-order valence-electron chi connectivity index (χ4n) is 8.74. The molecule has 1 aliphatic carbocycles. The van der Waals surface area contributed by atoms with Gasteiger partial charge in [0.1, 0.15) is 11.2 Å². The molecular formula is C46H33N3. The minimum atomic E-state index is -0.525. The second kappa shape index (κ2) is 10.2. The zero-order valence-corrected chi connectivity index (χ0v) is 27.5. The Morgan fingerprint density at radius 3 is 2.24 bits per heavy atom. The lowest BCUT2D eigenvalue weighted by molar-refractivity contribution is 0.738. The maximum Gasteiger partial charge on any atom is 0.134 e. The number of benzene rings is 6. The van der Waals surface area contributed by atoms with Crippen LogP contribution in [0.5, 0.6) is 0 Å². The molecule has 6 aromatic carbocycles. The summed E-state index contributed by atoms with van der Waals surface area (Å²) in [4.78, 5) is 5.42. The SMILES string of the molecule is C=Cc1c(/C=C\C)c2cc(-c3cccc4c3-c3ccccc3C43c4ccccc4-n4c3nc3ccccc34)ccc2n1-c1ccc(C)cc1. The highest BCUT2D eigenvalue weighted by atomic mass is 15.1. The van der Waals surface area contributed by atoms with Crippen LogP contribution in [0.3, 0.4) is 0 Å². The summed E-state index contributed by atoms with van der Waals surface area (Å²) in [7, 11) is 0. The van der Waals surface area contributed by atoms with Crippen molar-refractivity contribution in [3.8, 4) is 33.6 Å². The zero-order chi connectivity index (χ0) is 32.9. The van der Waals surface area contributed by atoms with Crippen molar-refractivity contribution < 1.29 is 0 Å². The van der Waals surface area contributed by atoms with E-state index in [1.54, 1.807) is 0 Å². The topological polar surface area (TPSA) is 22.8 Å². The Morgan fingerprint density at radius 1 is 0.673 bits per heavy atom. The lowest BCUT2D eigenvalue weighted by Crippen LogP contribution is -2.27. The normalized spacial score (nSPS) is 15.6. The second-order valence-electron chi connectivity index (χ2n) is 13.2. The van der Waals surface area contributed by atoms with Crippen LogP contribution in [0, 0.1) is 6.92 Å². The van der Waals surface area contributed by atoms with Crippen LogP contribution in [-0.2, 0) is 5.41 Å². The number of imidazole rings is 1. The Balaban J connectivity index is 1.27. The average molecular weight is 628 g/mol. The van der Waals surface area contributed by atoms with Gasteiger partial charge in [0.15, 0.2) is 0 Å². The van der Waals surface area contributed by atoms with Gasteiger partial charge in [-0.05, 0) is 101 Å². The molecule has 3 heteroatoms. The van der Waals surface area contributed by atoms with E-state index in [1.165, 1.54) is 66.7 Å². The molecule has 0 saturated heterocycles. The average Bonchev–Trinajstić information content (AvgIpc) is 3.85. The van der Waals surface area contributed by atoms with E-state index in [2.05, 4.69) is 175 Å². The first-order chi connectivity index (χ1) is 24.1. The summed E-state index contributed by atoms with van der Waals surface area (Å²) in [5.74, 6) is 1.06. The molecule has 0 saturated carbocycles. The number of rotatable bonds is 4. The van der Waals surface area contributed by atoms with Gasteiger partial charge in [0.05, 0.1) is 27.9 Å². The minimum Gasteiger partial charge on any atom is -0.309 e. The predicted octanol–water partition coefficient (Wildman–Crippen LogP) is 11.3. The van der Waals surface area contributed by atoms with Gasteiger partial charge in [-0.2, -0.15) is 0 Å². The van der Waals surface area contributed by atoms with Crippen molar-refractivity contribution in [1.82, 2.24) is 14.1 Å². The number of fused-ring (bicyclic) bond motifs is 13. The van der Waals surface area contributed by atoms with Crippen LogP contribution in [0.15, 0.2) is 146 Å². The monoisotopic (exact) mass is 627 g/mol. The van der Waals surface area contributed by atoms with Crippen LogP contribution < -0.4 is 0 Å². The molecule has 8 aromatic rings. The Labute approximate surface area is 285 Å². The van der Waals surface area contributed by atoms with Gasteiger partial charge in [0.2, 0.25) is 0 Å². The number of aryl methyl sites for hydroxylation is 1. The van der Waals surface area contributed by atoms with E-state index >= 15 is 0 Å². The lowest BCUT2D eigenvalue weighted by atomic mass is 9.72. The second-order valence-corrected chi connectivity index (χ2v) is 13.2. The smallest absolute Gasteiger partial charge is 0.134 e. The summed E-state index contributed by atoms with van der Waals surface area (Å²) in [6.45, 7) is 8.47. The van der Waals surface area contributed by atoms with Crippen LogP contribution in [-0.4, -0.2) is 14.1 Å². The van der Waals surface area contributed by atoms with Crippen LogP contribution in [0.4, 0.5) is 0 Å². The fourth-order valence-corrected chi connectivity index (χ4v) is 8.74. The summed E-state index contributed by atoms with van der Waals surface area (Å²) in [6.07, 6.45) is 6.32. The van der Waals surface area contributed by atoms with E-state index in [9.17, 15) is 0 Å². The maximum atomic E-state index is 5.42. The quantitative estimate of drug-likeness (QED) is 0.190. The van der Waals surface area contributed by atoms with Crippen LogP contribution >= 0.6 is 0 Å². The summed E-state index contributed by atoms with van der Waals surface area (Å²) < 4.78 is 4.73. The molecule has 0 bridgehead atoms. The van der Waals surface area contributed by atoms with E-state index < -0.39 is 5.41 Å². The molecule has 1 spiro atoms. The van der Waals surface area contributed by atoms with Crippen LogP contribution in [0.25, 0.3) is 67.7 Å². The highest BCUT2D eigenvalue weighted by Gasteiger charge is 2.54. The zero-order valence-electron chi connectivity index (χ0n) is 27.5. The Bertz CT molecular complexity index is 2700. The van der Waals surface area contributed by atoms with Crippen LogP contribution in [0.1, 0.15) is 46.3 Å². The summed E-state index contributed by atoms with van der Waals surface area (Å²) in [5.41, 5.74) is 17.5. The third-order valence-electron chi connectivity index (χ3n) is 10.7. The Hall–Kier alpha value is -6.19. The van der Waals surface area contributed by atoms with Gasteiger partial charge in [0.25, 0.3) is 0 Å². The molecule has 3 heterocycles. The molecule has 232 valence electrons. The molecule has 2 aromatic heterocycles. The van der Waals surface area contributed by atoms with Gasteiger partial charge in [-0.1, -0.05) is 115 Å². The first kappa shape index (κ1) is 27.9. The van der Waals surface area contributed by atoms with Crippen molar-refractivity contribution in [1.29, 1.82) is 0 Å². The van der Waals surface area contributed by atoms with E-state index in [0.717, 1.165) is 28.2 Å². The largest absolute Gasteiger partial charge is 0.309 e. The third kappa shape index (κ3) is 3.54. The molecule has 0 amide bonds. The van der Waals surface area contributed by atoms with Crippen molar-refractivity contribution in [3.63, 3.8) is 0 Å². The van der Waals surface area contributed by atoms with E-state index in [0.29, 0.717) is 0 Å². The number of nitrogens with zero attached hydrogens (tertiary/aromatic N) is 3. The summed E-state index contributed by atoms with van der Waals surface area (Å²) in [5, 5.41) is 1.21. The maximum absolute atomic E-state index is 5.42. The molecule has 0 radical (unpaired) electrons. The lowest BCUT2D eigenvalue weighted by Gasteiger charge is -2.27. The Morgan fingerprint density at radius 2 is 1.41 bits per heavy atom. The van der Waals surface area contributed by atoms with Gasteiger partial charge < -0.3 is 4.57 Å². The molecule has 0 N–H and O–H groups in total. The highest BCUT2D eigenvalue weighted by Crippen LogP contribution is 2.62. The molecule has 3 nitrogen and oxygen atoms in total. The molecule has 1 unspecified atom stereocenters.